The van der Waals surface area contributed by atoms with Gasteiger partial charge in [0.05, 0.1) is 5.92 Å². The van der Waals surface area contributed by atoms with Crippen molar-refractivity contribution in [3.8, 4) is 11.5 Å². The first kappa shape index (κ1) is 9.70. The SMILES string of the molecule is O=C1Oc2cc(O)ccc2[C@@H]2CCCC[C@@H]12. The van der Waals surface area contributed by atoms with Gasteiger partial charge in [-0.1, -0.05) is 18.9 Å². The number of benzene rings is 1. The van der Waals surface area contributed by atoms with E-state index in [-0.39, 0.29) is 17.6 Å². The zero-order valence-electron chi connectivity index (χ0n) is 8.98. The van der Waals surface area contributed by atoms with Gasteiger partial charge in [0.2, 0.25) is 0 Å². The van der Waals surface area contributed by atoms with Crippen molar-refractivity contribution in [1.29, 1.82) is 0 Å². The van der Waals surface area contributed by atoms with Gasteiger partial charge in [0.15, 0.2) is 0 Å². The van der Waals surface area contributed by atoms with E-state index in [0.29, 0.717) is 11.7 Å². The van der Waals surface area contributed by atoms with Crippen molar-refractivity contribution in [2.45, 2.75) is 31.6 Å². The summed E-state index contributed by atoms with van der Waals surface area (Å²) in [5, 5.41) is 9.38. The third-order valence-electron chi connectivity index (χ3n) is 3.68. The zero-order chi connectivity index (χ0) is 11.1. The van der Waals surface area contributed by atoms with Gasteiger partial charge in [-0.15, -0.1) is 0 Å². The highest BCUT2D eigenvalue weighted by molar-refractivity contribution is 5.79. The van der Waals surface area contributed by atoms with E-state index in [1.807, 2.05) is 6.07 Å². The molecule has 0 saturated heterocycles. The Morgan fingerprint density at radius 1 is 1.19 bits per heavy atom. The minimum absolute atomic E-state index is 0.0331. The van der Waals surface area contributed by atoms with Crippen LogP contribution in [0.25, 0.3) is 0 Å². The normalized spacial score (nSPS) is 27.9. The summed E-state index contributed by atoms with van der Waals surface area (Å²) in [7, 11) is 0. The second-order valence-electron chi connectivity index (χ2n) is 4.64. The number of fused-ring (bicyclic) bond motifs is 3. The Hall–Kier alpha value is -1.51. The smallest absolute Gasteiger partial charge is 0.314 e. The number of aromatic hydroxyl groups is 1. The standard InChI is InChI=1S/C13H14O3/c14-8-5-6-10-9-3-1-2-4-11(9)13(15)16-12(10)7-8/h5-7,9,11,14H,1-4H2/t9-,11+/m0/s1. The van der Waals surface area contributed by atoms with Gasteiger partial charge in [-0.25, -0.2) is 0 Å². The lowest BCUT2D eigenvalue weighted by Gasteiger charge is -2.35. The summed E-state index contributed by atoms with van der Waals surface area (Å²) >= 11 is 0. The molecule has 1 heterocycles. The molecule has 2 aliphatic rings. The van der Waals surface area contributed by atoms with Crippen LogP contribution in [0, 0.1) is 5.92 Å². The zero-order valence-corrected chi connectivity index (χ0v) is 8.98. The molecule has 3 rings (SSSR count). The Labute approximate surface area is 94.0 Å². The van der Waals surface area contributed by atoms with Crippen LogP contribution in [0.4, 0.5) is 0 Å². The molecule has 3 nitrogen and oxygen atoms in total. The molecule has 0 amide bonds. The molecule has 2 atom stereocenters. The highest BCUT2D eigenvalue weighted by Crippen LogP contribution is 2.46. The number of rotatable bonds is 0. The van der Waals surface area contributed by atoms with Gasteiger partial charge in [-0.3, -0.25) is 4.79 Å². The van der Waals surface area contributed by atoms with Crippen LogP contribution in [0.15, 0.2) is 18.2 Å². The third-order valence-corrected chi connectivity index (χ3v) is 3.68. The first-order valence-corrected chi connectivity index (χ1v) is 5.80. The van der Waals surface area contributed by atoms with Gasteiger partial charge in [0.25, 0.3) is 0 Å². The van der Waals surface area contributed by atoms with Gasteiger partial charge >= 0.3 is 5.97 Å². The molecule has 1 aromatic rings. The molecular formula is C13H14O3. The average molecular weight is 218 g/mol. The summed E-state index contributed by atoms with van der Waals surface area (Å²) in [6.45, 7) is 0. The molecule has 1 N–H and O–H groups in total. The summed E-state index contributed by atoms with van der Waals surface area (Å²) in [5.74, 6) is 0.910. The van der Waals surface area contributed by atoms with Crippen molar-refractivity contribution in [1.82, 2.24) is 0 Å². The summed E-state index contributed by atoms with van der Waals surface area (Å²) in [6.07, 6.45) is 4.28. The Bertz CT molecular complexity index is 439. The molecule has 0 aromatic heterocycles. The molecule has 1 aliphatic carbocycles. The lowest BCUT2D eigenvalue weighted by atomic mass is 9.74. The number of esters is 1. The predicted molar refractivity (Wildman–Crippen MR) is 58.4 cm³/mol. The number of phenolic OH excluding ortho intramolecular Hbond substituents is 1. The van der Waals surface area contributed by atoms with E-state index >= 15 is 0 Å². The first-order chi connectivity index (χ1) is 7.75. The molecule has 0 radical (unpaired) electrons. The van der Waals surface area contributed by atoms with Crippen molar-refractivity contribution in [2.24, 2.45) is 5.92 Å². The van der Waals surface area contributed by atoms with E-state index in [2.05, 4.69) is 0 Å². The molecule has 16 heavy (non-hydrogen) atoms. The Kier molecular flexibility index (Phi) is 2.13. The summed E-state index contributed by atoms with van der Waals surface area (Å²) in [6, 6.07) is 5.10. The van der Waals surface area contributed by atoms with E-state index in [1.54, 1.807) is 6.07 Å². The monoisotopic (exact) mass is 218 g/mol. The molecule has 0 spiro atoms. The fraction of sp³-hybridized carbons (Fsp3) is 0.462. The van der Waals surface area contributed by atoms with Crippen LogP contribution in [0.1, 0.15) is 37.2 Å². The maximum Gasteiger partial charge on any atom is 0.314 e. The molecule has 3 heteroatoms. The Morgan fingerprint density at radius 2 is 1.94 bits per heavy atom. The highest BCUT2D eigenvalue weighted by atomic mass is 16.5. The van der Waals surface area contributed by atoms with Crippen LogP contribution in [0.5, 0.6) is 11.5 Å². The molecular weight excluding hydrogens is 204 g/mol. The number of carbonyl (C=O) groups excluding carboxylic acids is 1. The van der Waals surface area contributed by atoms with Crippen molar-refractivity contribution in [3.63, 3.8) is 0 Å². The van der Waals surface area contributed by atoms with Crippen LogP contribution in [0.2, 0.25) is 0 Å². The van der Waals surface area contributed by atoms with Gasteiger partial charge in [-0.05, 0) is 24.5 Å². The number of carbonyl (C=O) groups is 1. The van der Waals surface area contributed by atoms with Crippen LogP contribution >= 0.6 is 0 Å². The van der Waals surface area contributed by atoms with E-state index < -0.39 is 0 Å². The molecule has 84 valence electrons. The van der Waals surface area contributed by atoms with Crippen molar-refractivity contribution in [2.75, 3.05) is 0 Å². The van der Waals surface area contributed by atoms with Crippen LogP contribution in [-0.2, 0) is 4.79 Å². The van der Waals surface area contributed by atoms with Crippen LogP contribution in [-0.4, -0.2) is 11.1 Å². The minimum atomic E-state index is -0.122. The van der Waals surface area contributed by atoms with E-state index in [0.717, 1.165) is 24.8 Å². The molecule has 0 unspecified atom stereocenters. The largest absolute Gasteiger partial charge is 0.508 e. The molecule has 1 aliphatic heterocycles. The minimum Gasteiger partial charge on any atom is -0.508 e. The molecule has 1 saturated carbocycles. The number of hydrogen-bond donors (Lipinski definition) is 1. The van der Waals surface area contributed by atoms with Gasteiger partial charge < -0.3 is 9.84 Å². The highest BCUT2D eigenvalue weighted by Gasteiger charge is 2.38. The Balaban J connectivity index is 2.06. The fourth-order valence-corrected chi connectivity index (χ4v) is 2.89. The fourth-order valence-electron chi connectivity index (χ4n) is 2.89. The summed E-state index contributed by atoms with van der Waals surface area (Å²) < 4.78 is 5.28. The van der Waals surface area contributed by atoms with Crippen LogP contribution < -0.4 is 4.74 Å². The molecule has 1 fully saturated rings. The van der Waals surface area contributed by atoms with Gasteiger partial charge in [0.1, 0.15) is 11.5 Å². The predicted octanol–water partition coefficient (Wildman–Crippen LogP) is 2.59. The van der Waals surface area contributed by atoms with E-state index in [1.165, 1.54) is 12.5 Å². The van der Waals surface area contributed by atoms with E-state index in [9.17, 15) is 9.90 Å². The average Bonchev–Trinajstić information content (AvgIpc) is 2.29. The number of hydrogen-bond acceptors (Lipinski definition) is 3. The first-order valence-electron chi connectivity index (χ1n) is 5.80. The maximum absolute atomic E-state index is 11.8. The summed E-state index contributed by atoms with van der Waals surface area (Å²) in [5.41, 5.74) is 1.09. The quantitative estimate of drug-likeness (QED) is 0.537. The lowest BCUT2D eigenvalue weighted by molar-refractivity contribution is -0.142. The van der Waals surface area contributed by atoms with E-state index in [4.69, 9.17) is 4.74 Å². The second kappa shape index (κ2) is 3.51. The topological polar surface area (TPSA) is 46.5 Å². The number of ether oxygens (including phenoxy) is 1. The number of phenols is 1. The molecule has 0 bridgehead atoms. The third kappa shape index (κ3) is 1.39. The Morgan fingerprint density at radius 3 is 2.75 bits per heavy atom. The van der Waals surface area contributed by atoms with Crippen LogP contribution in [0.3, 0.4) is 0 Å². The summed E-state index contributed by atoms with van der Waals surface area (Å²) in [4.78, 5) is 11.8. The lowest BCUT2D eigenvalue weighted by Crippen LogP contribution is -2.33. The van der Waals surface area contributed by atoms with Gasteiger partial charge in [-0.2, -0.15) is 0 Å². The van der Waals surface area contributed by atoms with Crippen molar-refractivity contribution < 1.29 is 14.6 Å². The van der Waals surface area contributed by atoms with Crippen molar-refractivity contribution >= 4 is 5.97 Å². The van der Waals surface area contributed by atoms with Gasteiger partial charge in [0, 0.05) is 12.0 Å². The maximum atomic E-state index is 11.8. The van der Waals surface area contributed by atoms with Crippen molar-refractivity contribution in [3.05, 3.63) is 23.8 Å². The molecule has 1 aromatic carbocycles. The second-order valence-corrected chi connectivity index (χ2v) is 4.64.